The zero-order chi connectivity index (χ0) is 18.4. The van der Waals surface area contributed by atoms with Gasteiger partial charge < -0.3 is 10.4 Å². The maximum atomic E-state index is 13.2. The van der Waals surface area contributed by atoms with E-state index in [0.29, 0.717) is 0 Å². The predicted octanol–water partition coefficient (Wildman–Crippen LogP) is 3.57. The van der Waals surface area contributed by atoms with Gasteiger partial charge in [-0.1, -0.05) is 46.2 Å². The first-order valence-electron chi connectivity index (χ1n) is 8.01. The van der Waals surface area contributed by atoms with Crippen molar-refractivity contribution in [1.82, 2.24) is 10.3 Å². The fourth-order valence-corrected chi connectivity index (χ4v) is 2.51. The molecule has 0 aliphatic rings. The van der Waals surface area contributed by atoms with Gasteiger partial charge in [0.05, 0.1) is 12.1 Å². The molecule has 0 bridgehead atoms. The minimum atomic E-state index is -1.39. The standard InChI is InChI=1S/C19H23F2N2OP/c1-12-3-6-16(11-22-12)15-7-4-14(5-8-15)9-18(24)17(10-20)23-13(2)19(21)25/h3-8,11,17-19,23-24H,2,9-10,25H2,1H3. The van der Waals surface area contributed by atoms with Gasteiger partial charge in [0.2, 0.25) is 0 Å². The maximum Gasteiger partial charge on any atom is 0.152 e. The Hall–Kier alpha value is -1.84. The summed E-state index contributed by atoms with van der Waals surface area (Å²) in [6, 6.07) is 10.7. The van der Waals surface area contributed by atoms with Crippen LogP contribution in [0.5, 0.6) is 0 Å². The first-order chi connectivity index (χ1) is 11.9. The third kappa shape index (κ3) is 5.58. The molecule has 4 atom stereocenters. The normalized spacial score (nSPS) is 14.6. The van der Waals surface area contributed by atoms with Crippen molar-refractivity contribution >= 4 is 9.24 Å². The van der Waals surface area contributed by atoms with Gasteiger partial charge in [0.1, 0.15) is 6.67 Å². The maximum absolute atomic E-state index is 13.2. The van der Waals surface area contributed by atoms with E-state index in [1.54, 1.807) is 0 Å². The Balaban J connectivity index is 2.01. The largest absolute Gasteiger partial charge is 0.391 e. The van der Waals surface area contributed by atoms with Crippen molar-refractivity contribution in [2.45, 2.75) is 31.4 Å². The van der Waals surface area contributed by atoms with Crippen LogP contribution in [0.25, 0.3) is 11.1 Å². The van der Waals surface area contributed by atoms with E-state index in [-0.39, 0.29) is 12.1 Å². The van der Waals surface area contributed by atoms with Gasteiger partial charge in [-0.3, -0.25) is 4.98 Å². The van der Waals surface area contributed by atoms with Crippen molar-refractivity contribution in [2.75, 3.05) is 6.67 Å². The van der Waals surface area contributed by atoms with Crippen molar-refractivity contribution in [3.05, 3.63) is 66.1 Å². The molecule has 25 heavy (non-hydrogen) atoms. The predicted molar refractivity (Wildman–Crippen MR) is 101 cm³/mol. The lowest BCUT2D eigenvalue weighted by Gasteiger charge is -2.24. The number of aliphatic hydroxyl groups is 1. The van der Waals surface area contributed by atoms with Crippen LogP contribution in [0.3, 0.4) is 0 Å². The fourth-order valence-electron chi connectivity index (χ4n) is 2.41. The van der Waals surface area contributed by atoms with E-state index in [4.69, 9.17) is 0 Å². The van der Waals surface area contributed by atoms with Crippen LogP contribution < -0.4 is 5.32 Å². The molecule has 1 aromatic carbocycles. The molecule has 0 amide bonds. The van der Waals surface area contributed by atoms with E-state index in [1.807, 2.05) is 58.8 Å². The second kappa shape index (κ2) is 9.02. The number of hydrogen-bond acceptors (Lipinski definition) is 3. The van der Waals surface area contributed by atoms with E-state index in [0.717, 1.165) is 22.4 Å². The lowest BCUT2D eigenvalue weighted by atomic mass is 9.99. The Kier molecular flexibility index (Phi) is 7.03. The number of allylic oxidation sites excluding steroid dienone is 1. The van der Waals surface area contributed by atoms with Crippen LogP contribution in [0.1, 0.15) is 11.3 Å². The summed E-state index contributed by atoms with van der Waals surface area (Å²) >= 11 is 0. The molecule has 2 aromatic rings. The summed E-state index contributed by atoms with van der Waals surface area (Å²) < 4.78 is 26.3. The third-order valence-electron chi connectivity index (χ3n) is 3.98. The molecule has 134 valence electrons. The van der Waals surface area contributed by atoms with Crippen molar-refractivity contribution in [2.24, 2.45) is 0 Å². The van der Waals surface area contributed by atoms with Crippen LogP contribution in [0, 0.1) is 6.92 Å². The molecule has 0 fully saturated rings. The Labute approximate surface area is 149 Å². The molecule has 3 nitrogen and oxygen atoms in total. The van der Waals surface area contributed by atoms with Gasteiger partial charge in [0.15, 0.2) is 5.91 Å². The third-order valence-corrected chi connectivity index (χ3v) is 4.38. The molecule has 2 rings (SSSR count). The summed E-state index contributed by atoms with van der Waals surface area (Å²) in [5.41, 5.74) is 3.88. The summed E-state index contributed by atoms with van der Waals surface area (Å²) in [6.07, 6.45) is 1.08. The first-order valence-corrected chi connectivity index (χ1v) is 8.68. The zero-order valence-corrected chi connectivity index (χ0v) is 15.3. The molecular weight excluding hydrogens is 341 g/mol. The minimum Gasteiger partial charge on any atom is -0.391 e. The summed E-state index contributed by atoms with van der Waals surface area (Å²) in [5, 5.41) is 12.8. The molecule has 4 unspecified atom stereocenters. The second-order valence-corrected chi connectivity index (χ2v) is 6.57. The average Bonchev–Trinajstić information content (AvgIpc) is 2.60. The summed E-state index contributed by atoms with van der Waals surface area (Å²) in [5.74, 6) is -1.39. The highest BCUT2D eigenvalue weighted by molar-refractivity contribution is 7.17. The van der Waals surface area contributed by atoms with Gasteiger partial charge in [0, 0.05) is 29.6 Å². The van der Waals surface area contributed by atoms with Crippen molar-refractivity contribution in [3.63, 3.8) is 0 Å². The number of aromatic nitrogens is 1. The number of halogens is 2. The number of alkyl halides is 2. The quantitative estimate of drug-likeness (QED) is 0.704. The fraction of sp³-hybridized carbons (Fsp3) is 0.316. The van der Waals surface area contributed by atoms with Crippen molar-refractivity contribution in [1.29, 1.82) is 0 Å². The molecule has 0 aliphatic carbocycles. The number of hydrogen-bond donors (Lipinski definition) is 2. The van der Waals surface area contributed by atoms with E-state index >= 15 is 0 Å². The lowest BCUT2D eigenvalue weighted by Crippen LogP contribution is -2.43. The molecule has 0 saturated heterocycles. The second-order valence-electron chi connectivity index (χ2n) is 5.99. The monoisotopic (exact) mass is 364 g/mol. The molecule has 0 aliphatic heterocycles. The number of benzene rings is 1. The van der Waals surface area contributed by atoms with E-state index < -0.39 is 24.7 Å². The summed E-state index contributed by atoms with van der Waals surface area (Å²) in [7, 11) is 1.94. The van der Waals surface area contributed by atoms with Crippen LogP contribution in [-0.4, -0.2) is 34.8 Å². The van der Waals surface area contributed by atoms with E-state index in [2.05, 4.69) is 16.9 Å². The number of rotatable bonds is 8. The number of pyridine rings is 1. The number of aliphatic hydroxyl groups excluding tert-OH is 1. The Morgan fingerprint density at radius 2 is 1.88 bits per heavy atom. The van der Waals surface area contributed by atoms with Crippen LogP contribution >= 0.6 is 9.24 Å². The van der Waals surface area contributed by atoms with E-state index in [1.165, 1.54) is 0 Å². The van der Waals surface area contributed by atoms with Gasteiger partial charge in [-0.05, 0) is 24.1 Å². The number of nitrogens with one attached hydrogen (secondary N) is 1. The lowest BCUT2D eigenvalue weighted by molar-refractivity contribution is 0.116. The smallest absolute Gasteiger partial charge is 0.152 e. The van der Waals surface area contributed by atoms with E-state index in [9.17, 15) is 13.9 Å². The highest BCUT2D eigenvalue weighted by Gasteiger charge is 2.21. The molecular formula is C19H23F2N2OP. The van der Waals surface area contributed by atoms with Crippen LogP contribution in [0.15, 0.2) is 54.9 Å². The zero-order valence-electron chi connectivity index (χ0n) is 14.1. The Bertz CT molecular complexity index is 690. The number of nitrogens with zero attached hydrogens (tertiary/aromatic N) is 1. The summed E-state index contributed by atoms with van der Waals surface area (Å²) in [4.78, 5) is 4.27. The Morgan fingerprint density at radius 3 is 2.40 bits per heavy atom. The topological polar surface area (TPSA) is 45.1 Å². The van der Waals surface area contributed by atoms with Crippen LogP contribution in [-0.2, 0) is 6.42 Å². The first kappa shape index (κ1) is 19.5. The van der Waals surface area contributed by atoms with Gasteiger partial charge in [-0.15, -0.1) is 0 Å². The van der Waals surface area contributed by atoms with Gasteiger partial charge in [0.25, 0.3) is 0 Å². The SMILES string of the molecule is C=C(NC(CF)C(O)Cc1ccc(-c2ccc(C)nc2)cc1)C(F)P. The average molecular weight is 364 g/mol. The highest BCUT2D eigenvalue weighted by Crippen LogP contribution is 2.20. The van der Waals surface area contributed by atoms with Gasteiger partial charge in [-0.25, -0.2) is 8.78 Å². The van der Waals surface area contributed by atoms with Crippen molar-refractivity contribution in [3.8, 4) is 11.1 Å². The van der Waals surface area contributed by atoms with Crippen LogP contribution in [0.2, 0.25) is 0 Å². The van der Waals surface area contributed by atoms with Crippen molar-refractivity contribution < 1.29 is 13.9 Å². The van der Waals surface area contributed by atoms with Gasteiger partial charge >= 0.3 is 0 Å². The minimum absolute atomic E-state index is 0.0360. The highest BCUT2D eigenvalue weighted by atomic mass is 31.0. The molecule has 6 heteroatoms. The molecule has 0 saturated carbocycles. The summed E-state index contributed by atoms with van der Waals surface area (Å²) in [6.45, 7) is 4.61. The molecule has 2 N–H and O–H groups in total. The van der Waals surface area contributed by atoms with Crippen LogP contribution in [0.4, 0.5) is 8.78 Å². The van der Waals surface area contributed by atoms with Gasteiger partial charge in [-0.2, -0.15) is 0 Å². The molecule has 1 aromatic heterocycles. The molecule has 0 spiro atoms. The number of aryl methyl sites for hydroxylation is 1. The molecule has 0 radical (unpaired) electrons. The molecule has 1 heterocycles. The Morgan fingerprint density at radius 1 is 1.24 bits per heavy atom.